The van der Waals surface area contributed by atoms with E-state index in [0.717, 1.165) is 13.0 Å². The molecule has 1 aliphatic heterocycles. The number of hydrogen-bond acceptors (Lipinski definition) is 6. The summed E-state index contributed by atoms with van der Waals surface area (Å²) in [5.41, 5.74) is 1.34. The molecule has 160 valence electrons. The van der Waals surface area contributed by atoms with Gasteiger partial charge in [-0.15, -0.1) is 0 Å². The fourth-order valence-corrected chi connectivity index (χ4v) is 4.25. The van der Waals surface area contributed by atoms with E-state index < -0.39 is 0 Å². The monoisotopic (exact) mass is 456 g/mol. The number of fused-ring (bicyclic) bond motifs is 2. The Morgan fingerprint density at radius 2 is 2.19 bits per heavy atom. The molecule has 0 unspecified atom stereocenters. The van der Waals surface area contributed by atoms with Crippen LogP contribution in [0.5, 0.6) is 0 Å². The topological polar surface area (TPSA) is 108 Å². The highest BCUT2D eigenvalue weighted by atomic mass is 35.5. The lowest BCUT2D eigenvalue weighted by Crippen LogP contribution is -2.45. The third-order valence-electron chi connectivity index (χ3n) is 5.46. The van der Waals surface area contributed by atoms with E-state index in [9.17, 15) is 10.1 Å². The van der Waals surface area contributed by atoms with E-state index >= 15 is 0 Å². The molecule has 9 nitrogen and oxygen atoms in total. The van der Waals surface area contributed by atoms with Gasteiger partial charge in [0.1, 0.15) is 29.4 Å². The summed E-state index contributed by atoms with van der Waals surface area (Å²) in [6, 6.07) is 3.74. The van der Waals surface area contributed by atoms with Crippen molar-refractivity contribution in [2.75, 3.05) is 11.4 Å². The fraction of sp³-hybridized carbons (Fsp3) is 0.350. The van der Waals surface area contributed by atoms with Crippen molar-refractivity contribution in [3.05, 3.63) is 51.6 Å². The summed E-state index contributed by atoms with van der Waals surface area (Å²) in [6.45, 7) is 5.41. The van der Waals surface area contributed by atoms with Gasteiger partial charge in [-0.25, -0.2) is 14.5 Å². The molecule has 31 heavy (non-hydrogen) atoms. The first kappa shape index (κ1) is 21.2. The van der Waals surface area contributed by atoms with Crippen LogP contribution in [0.2, 0.25) is 5.02 Å². The SMILES string of the molecule is CC(C)Cn1c([C@@H]2CCN2c2ncnc3[nH]cc(C#N)c23)nn2ccc(Cl)c2c1=O.S. The van der Waals surface area contributed by atoms with Gasteiger partial charge in [-0.2, -0.15) is 23.9 Å². The van der Waals surface area contributed by atoms with Gasteiger partial charge in [0.2, 0.25) is 0 Å². The van der Waals surface area contributed by atoms with Crippen LogP contribution >= 0.6 is 25.1 Å². The minimum atomic E-state index is -0.150. The molecular formula is C20H21ClN8OS. The van der Waals surface area contributed by atoms with Crippen LogP contribution < -0.4 is 10.5 Å². The zero-order chi connectivity index (χ0) is 21.0. The summed E-state index contributed by atoms with van der Waals surface area (Å²) < 4.78 is 3.28. The Kier molecular flexibility index (Phi) is 5.41. The molecule has 1 fully saturated rings. The number of rotatable bonds is 4. The Labute approximate surface area is 189 Å². The second kappa shape index (κ2) is 7.90. The molecule has 0 radical (unpaired) electrons. The number of aromatic amines is 1. The predicted octanol–water partition coefficient (Wildman–Crippen LogP) is 3.01. The summed E-state index contributed by atoms with van der Waals surface area (Å²) >= 11 is 6.24. The average Bonchev–Trinajstić information content (AvgIpc) is 3.28. The number of nitriles is 1. The van der Waals surface area contributed by atoms with Gasteiger partial charge < -0.3 is 9.88 Å². The minimum absolute atomic E-state index is 0. The van der Waals surface area contributed by atoms with Crippen LogP contribution in [-0.2, 0) is 6.54 Å². The van der Waals surface area contributed by atoms with Crippen molar-refractivity contribution in [1.82, 2.24) is 29.1 Å². The van der Waals surface area contributed by atoms with Crippen molar-refractivity contribution in [3.8, 4) is 6.07 Å². The standard InChI is InChI=1S/C20H19ClN8O.H2S/c1-11(2)9-28-18(26-29-6-3-13(21)16(29)20(28)30)14-4-5-27(14)19-15-12(7-22)8-23-17(15)24-10-25-19;/h3,6,8,10-11,14H,4-5,9H2,1-2H3,(H,23,24,25);1H2/t14-;/m0./s1. The Balaban J connectivity index is 0.00000231. The van der Waals surface area contributed by atoms with Crippen molar-refractivity contribution in [2.24, 2.45) is 5.92 Å². The van der Waals surface area contributed by atoms with Crippen molar-refractivity contribution < 1.29 is 0 Å². The maximum atomic E-state index is 13.3. The van der Waals surface area contributed by atoms with Crippen LogP contribution in [0.1, 0.15) is 37.7 Å². The third kappa shape index (κ3) is 3.25. The summed E-state index contributed by atoms with van der Waals surface area (Å²) in [5, 5.41) is 15.3. The number of nitrogens with one attached hydrogen (secondary N) is 1. The Morgan fingerprint density at radius 1 is 1.39 bits per heavy atom. The Morgan fingerprint density at radius 3 is 2.87 bits per heavy atom. The number of hydrogen-bond donors (Lipinski definition) is 1. The van der Waals surface area contributed by atoms with Crippen LogP contribution in [0.15, 0.2) is 29.6 Å². The summed E-state index contributed by atoms with van der Waals surface area (Å²) in [5.74, 6) is 1.60. The van der Waals surface area contributed by atoms with Gasteiger partial charge in [0.05, 0.1) is 22.0 Å². The number of aromatic nitrogens is 6. The zero-order valence-corrected chi connectivity index (χ0v) is 18.8. The van der Waals surface area contributed by atoms with Gasteiger partial charge in [0, 0.05) is 25.5 Å². The normalized spacial score (nSPS) is 15.8. The van der Waals surface area contributed by atoms with Crippen LogP contribution in [0.4, 0.5) is 5.82 Å². The average molecular weight is 457 g/mol. The van der Waals surface area contributed by atoms with Crippen molar-refractivity contribution in [2.45, 2.75) is 32.9 Å². The molecule has 4 aromatic heterocycles. The third-order valence-corrected chi connectivity index (χ3v) is 5.76. The molecule has 0 spiro atoms. The first-order chi connectivity index (χ1) is 14.5. The van der Waals surface area contributed by atoms with Crippen molar-refractivity contribution >= 4 is 47.5 Å². The van der Waals surface area contributed by atoms with Gasteiger partial charge in [-0.3, -0.25) is 9.36 Å². The van der Waals surface area contributed by atoms with E-state index in [1.54, 1.807) is 27.5 Å². The summed E-state index contributed by atoms with van der Waals surface area (Å²) in [4.78, 5) is 27.0. The van der Waals surface area contributed by atoms with Crippen LogP contribution in [0, 0.1) is 17.2 Å². The van der Waals surface area contributed by atoms with Gasteiger partial charge in [-0.1, -0.05) is 25.4 Å². The molecule has 1 N–H and O–H groups in total. The zero-order valence-electron chi connectivity index (χ0n) is 17.0. The first-order valence-electron chi connectivity index (χ1n) is 9.76. The molecule has 1 saturated heterocycles. The van der Waals surface area contributed by atoms with E-state index in [0.29, 0.717) is 45.3 Å². The molecule has 0 aromatic carbocycles. The Bertz CT molecular complexity index is 1380. The predicted molar refractivity (Wildman–Crippen MR) is 123 cm³/mol. The molecule has 5 heterocycles. The molecule has 1 aliphatic rings. The Hall–Kier alpha value is -3.03. The van der Waals surface area contributed by atoms with Crippen molar-refractivity contribution in [3.63, 3.8) is 0 Å². The van der Waals surface area contributed by atoms with E-state index in [4.69, 9.17) is 16.7 Å². The number of halogens is 1. The second-order valence-electron chi connectivity index (χ2n) is 7.86. The van der Waals surface area contributed by atoms with Gasteiger partial charge >= 0.3 is 0 Å². The van der Waals surface area contributed by atoms with Gasteiger partial charge in [-0.05, 0) is 18.4 Å². The van der Waals surface area contributed by atoms with Gasteiger partial charge in [0.25, 0.3) is 5.56 Å². The molecule has 11 heteroatoms. The lowest BCUT2D eigenvalue weighted by atomic mass is 10.0. The molecule has 1 atom stereocenters. The highest BCUT2D eigenvalue weighted by molar-refractivity contribution is 7.59. The lowest BCUT2D eigenvalue weighted by molar-refractivity contribution is 0.387. The molecule has 0 bridgehead atoms. The maximum absolute atomic E-state index is 13.3. The van der Waals surface area contributed by atoms with E-state index in [2.05, 4.69) is 39.8 Å². The largest absolute Gasteiger partial charge is 0.345 e. The molecule has 0 aliphatic carbocycles. The van der Waals surface area contributed by atoms with Crippen LogP contribution in [-0.4, -0.2) is 35.7 Å². The van der Waals surface area contributed by atoms with Crippen LogP contribution in [0.3, 0.4) is 0 Å². The van der Waals surface area contributed by atoms with Crippen molar-refractivity contribution in [1.29, 1.82) is 5.26 Å². The molecule has 4 aromatic rings. The number of anilines is 1. The van der Waals surface area contributed by atoms with Crippen LogP contribution in [0.25, 0.3) is 16.6 Å². The number of nitrogens with zero attached hydrogens (tertiary/aromatic N) is 7. The number of H-pyrrole nitrogens is 1. The molecule has 0 amide bonds. The van der Waals surface area contributed by atoms with Gasteiger partial charge in [0.15, 0.2) is 5.82 Å². The summed E-state index contributed by atoms with van der Waals surface area (Å²) in [7, 11) is 0. The first-order valence-corrected chi connectivity index (χ1v) is 10.1. The van der Waals surface area contributed by atoms with E-state index in [1.807, 2.05) is 0 Å². The maximum Gasteiger partial charge on any atom is 0.279 e. The molecular weight excluding hydrogens is 436 g/mol. The molecule has 0 saturated carbocycles. The fourth-order valence-electron chi connectivity index (χ4n) is 4.03. The quantitative estimate of drug-likeness (QED) is 0.505. The smallest absolute Gasteiger partial charge is 0.279 e. The molecule has 5 rings (SSSR count). The van der Waals surface area contributed by atoms with E-state index in [-0.39, 0.29) is 31.0 Å². The highest BCUT2D eigenvalue weighted by Crippen LogP contribution is 2.39. The van der Waals surface area contributed by atoms with E-state index in [1.165, 1.54) is 6.33 Å². The second-order valence-corrected chi connectivity index (χ2v) is 8.26. The summed E-state index contributed by atoms with van der Waals surface area (Å²) in [6.07, 6.45) is 5.64. The highest BCUT2D eigenvalue weighted by Gasteiger charge is 2.36. The lowest BCUT2D eigenvalue weighted by Gasteiger charge is -2.42. The minimum Gasteiger partial charge on any atom is -0.345 e.